The molecule has 2 heterocycles. The number of aliphatic hydroxyl groups excluding tert-OH is 1. The molecule has 0 radical (unpaired) electrons. The van der Waals surface area contributed by atoms with E-state index in [1.165, 1.54) is 0 Å². The second-order valence-corrected chi connectivity index (χ2v) is 3.11. The van der Waals surface area contributed by atoms with E-state index in [0.717, 1.165) is 11.2 Å². The topological polar surface area (TPSA) is 50.4 Å². The number of nitrogens with zero attached hydrogens (tertiary/aromatic N) is 3. The molecule has 13 heavy (non-hydrogen) atoms. The summed E-state index contributed by atoms with van der Waals surface area (Å²) in [5.41, 5.74) is 1.80. The van der Waals surface area contributed by atoms with Gasteiger partial charge in [0, 0.05) is 24.4 Å². The third kappa shape index (κ3) is 1.53. The van der Waals surface area contributed by atoms with Crippen LogP contribution in [0.3, 0.4) is 0 Å². The summed E-state index contributed by atoms with van der Waals surface area (Å²) in [4.78, 5) is 4.18. The maximum Gasteiger partial charge on any atom is 0.158 e. The summed E-state index contributed by atoms with van der Waals surface area (Å²) in [6.45, 7) is 1.76. The van der Waals surface area contributed by atoms with Crippen molar-refractivity contribution in [1.29, 1.82) is 0 Å². The predicted octanol–water partition coefficient (Wildman–Crippen LogP) is 0.653. The zero-order valence-corrected chi connectivity index (χ0v) is 7.38. The van der Waals surface area contributed by atoms with Gasteiger partial charge in [-0.2, -0.15) is 5.10 Å². The van der Waals surface area contributed by atoms with Crippen LogP contribution in [0.2, 0.25) is 0 Å². The molecule has 0 amide bonds. The maximum atomic E-state index is 9.22. The van der Waals surface area contributed by atoms with Crippen LogP contribution < -0.4 is 0 Å². The summed E-state index contributed by atoms with van der Waals surface area (Å²) in [7, 11) is 0. The summed E-state index contributed by atoms with van der Waals surface area (Å²) in [5.74, 6) is 0. The number of fused-ring (bicyclic) bond motifs is 1. The Morgan fingerprint density at radius 2 is 2.46 bits per heavy atom. The van der Waals surface area contributed by atoms with Gasteiger partial charge in [-0.05, 0) is 13.0 Å². The first-order valence-corrected chi connectivity index (χ1v) is 4.22. The van der Waals surface area contributed by atoms with Crippen molar-refractivity contribution in [2.24, 2.45) is 0 Å². The lowest BCUT2D eigenvalue weighted by atomic mass is 10.2. The first-order chi connectivity index (χ1) is 6.27. The SMILES string of the molecule is CC(O)Cc1cnn2cccnc12. The monoisotopic (exact) mass is 177 g/mol. The van der Waals surface area contributed by atoms with E-state index in [1.54, 1.807) is 23.8 Å². The lowest BCUT2D eigenvalue weighted by molar-refractivity contribution is 0.196. The molecule has 0 aromatic carbocycles. The molecule has 0 aliphatic carbocycles. The quantitative estimate of drug-likeness (QED) is 0.732. The average Bonchev–Trinajstić information content (AvgIpc) is 2.48. The fraction of sp³-hybridized carbons (Fsp3) is 0.333. The van der Waals surface area contributed by atoms with Crippen LogP contribution in [-0.4, -0.2) is 25.8 Å². The molecule has 2 aromatic rings. The van der Waals surface area contributed by atoms with Crippen molar-refractivity contribution in [3.05, 3.63) is 30.2 Å². The molecule has 0 spiro atoms. The first-order valence-electron chi connectivity index (χ1n) is 4.22. The number of aliphatic hydroxyl groups is 1. The van der Waals surface area contributed by atoms with Gasteiger partial charge >= 0.3 is 0 Å². The largest absolute Gasteiger partial charge is 0.393 e. The van der Waals surface area contributed by atoms with Crippen molar-refractivity contribution in [1.82, 2.24) is 14.6 Å². The van der Waals surface area contributed by atoms with Crippen LogP contribution in [-0.2, 0) is 6.42 Å². The molecular weight excluding hydrogens is 166 g/mol. The summed E-state index contributed by atoms with van der Waals surface area (Å²) in [6, 6.07) is 1.83. The Morgan fingerprint density at radius 1 is 1.62 bits per heavy atom. The summed E-state index contributed by atoms with van der Waals surface area (Å²) < 4.78 is 1.71. The van der Waals surface area contributed by atoms with Gasteiger partial charge in [-0.1, -0.05) is 0 Å². The van der Waals surface area contributed by atoms with Crippen LogP contribution in [0.4, 0.5) is 0 Å². The Bertz CT molecular complexity index is 408. The molecule has 1 N–H and O–H groups in total. The van der Waals surface area contributed by atoms with Gasteiger partial charge in [-0.25, -0.2) is 9.50 Å². The van der Waals surface area contributed by atoms with Gasteiger partial charge in [0.25, 0.3) is 0 Å². The highest BCUT2D eigenvalue weighted by atomic mass is 16.3. The van der Waals surface area contributed by atoms with Gasteiger partial charge in [0.1, 0.15) is 0 Å². The Hall–Kier alpha value is -1.42. The van der Waals surface area contributed by atoms with Crippen molar-refractivity contribution in [2.75, 3.05) is 0 Å². The van der Waals surface area contributed by atoms with Crippen LogP contribution in [0.15, 0.2) is 24.7 Å². The zero-order valence-electron chi connectivity index (χ0n) is 7.38. The normalized spacial score (nSPS) is 13.4. The van der Waals surface area contributed by atoms with Gasteiger partial charge < -0.3 is 5.11 Å². The van der Waals surface area contributed by atoms with E-state index in [-0.39, 0.29) is 6.10 Å². The average molecular weight is 177 g/mol. The van der Waals surface area contributed by atoms with E-state index in [4.69, 9.17) is 0 Å². The molecule has 0 saturated heterocycles. The van der Waals surface area contributed by atoms with E-state index < -0.39 is 0 Å². The van der Waals surface area contributed by atoms with Crippen LogP contribution in [0.5, 0.6) is 0 Å². The van der Waals surface area contributed by atoms with Crippen molar-refractivity contribution in [3.63, 3.8) is 0 Å². The number of hydrogen-bond acceptors (Lipinski definition) is 3. The van der Waals surface area contributed by atoms with Gasteiger partial charge in [-0.3, -0.25) is 0 Å². The molecule has 1 atom stereocenters. The van der Waals surface area contributed by atoms with Crippen LogP contribution in [0, 0.1) is 0 Å². The Balaban J connectivity index is 2.46. The highest BCUT2D eigenvalue weighted by Gasteiger charge is 2.06. The smallest absolute Gasteiger partial charge is 0.158 e. The van der Waals surface area contributed by atoms with Gasteiger partial charge in [0.2, 0.25) is 0 Å². The molecule has 68 valence electrons. The van der Waals surface area contributed by atoms with Crippen LogP contribution in [0.25, 0.3) is 5.65 Å². The first kappa shape index (κ1) is 8.19. The molecular formula is C9H11N3O. The summed E-state index contributed by atoms with van der Waals surface area (Å²) in [6.07, 6.45) is 5.56. The molecule has 0 fully saturated rings. The minimum Gasteiger partial charge on any atom is -0.393 e. The van der Waals surface area contributed by atoms with Crippen molar-refractivity contribution in [3.8, 4) is 0 Å². The molecule has 4 nitrogen and oxygen atoms in total. The van der Waals surface area contributed by atoms with E-state index in [0.29, 0.717) is 6.42 Å². The highest BCUT2D eigenvalue weighted by Crippen LogP contribution is 2.08. The van der Waals surface area contributed by atoms with E-state index in [1.807, 2.05) is 12.3 Å². The van der Waals surface area contributed by atoms with Gasteiger partial charge in [0.15, 0.2) is 5.65 Å². The van der Waals surface area contributed by atoms with Gasteiger partial charge in [-0.15, -0.1) is 0 Å². The Labute approximate surface area is 75.8 Å². The second-order valence-electron chi connectivity index (χ2n) is 3.11. The number of rotatable bonds is 2. The minimum atomic E-state index is -0.352. The number of aromatic nitrogens is 3. The van der Waals surface area contributed by atoms with Gasteiger partial charge in [0.05, 0.1) is 12.3 Å². The molecule has 4 heteroatoms. The Kier molecular flexibility index (Phi) is 1.98. The lowest BCUT2D eigenvalue weighted by Gasteiger charge is -2.00. The highest BCUT2D eigenvalue weighted by molar-refractivity contribution is 5.45. The molecule has 2 aromatic heterocycles. The molecule has 0 aliphatic heterocycles. The predicted molar refractivity (Wildman–Crippen MR) is 48.4 cm³/mol. The second kappa shape index (κ2) is 3.14. The van der Waals surface area contributed by atoms with Crippen molar-refractivity contribution >= 4 is 5.65 Å². The van der Waals surface area contributed by atoms with Crippen molar-refractivity contribution < 1.29 is 5.11 Å². The Morgan fingerprint density at radius 3 is 3.23 bits per heavy atom. The zero-order chi connectivity index (χ0) is 9.26. The third-order valence-corrected chi connectivity index (χ3v) is 1.87. The van der Waals surface area contributed by atoms with Crippen LogP contribution >= 0.6 is 0 Å². The lowest BCUT2D eigenvalue weighted by Crippen LogP contribution is -2.04. The minimum absolute atomic E-state index is 0.352. The van der Waals surface area contributed by atoms with E-state index >= 15 is 0 Å². The molecule has 0 aliphatic rings. The van der Waals surface area contributed by atoms with Crippen LogP contribution in [0.1, 0.15) is 12.5 Å². The maximum absolute atomic E-state index is 9.22. The van der Waals surface area contributed by atoms with E-state index in [2.05, 4.69) is 10.1 Å². The number of hydrogen-bond donors (Lipinski definition) is 1. The fourth-order valence-electron chi connectivity index (χ4n) is 1.34. The van der Waals surface area contributed by atoms with Crippen molar-refractivity contribution in [2.45, 2.75) is 19.4 Å². The molecule has 0 saturated carbocycles. The van der Waals surface area contributed by atoms with E-state index in [9.17, 15) is 5.11 Å². The third-order valence-electron chi connectivity index (χ3n) is 1.87. The summed E-state index contributed by atoms with van der Waals surface area (Å²) >= 11 is 0. The molecule has 1 unspecified atom stereocenters. The summed E-state index contributed by atoms with van der Waals surface area (Å²) in [5, 5.41) is 13.3. The fourth-order valence-corrected chi connectivity index (χ4v) is 1.34. The molecule has 0 bridgehead atoms. The standard InChI is InChI=1S/C9H11N3O/c1-7(13)5-8-6-11-12-4-2-3-10-9(8)12/h2-4,6-7,13H,5H2,1H3. The molecule has 2 rings (SSSR count).